The highest BCUT2D eigenvalue weighted by molar-refractivity contribution is 7.21. The van der Waals surface area contributed by atoms with E-state index in [1.807, 2.05) is 24.3 Å². The Morgan fingerprint density at radius 3 is 2.76 bits per heavy atom. The maximum Gasteiger partial charge on any atom is 0.144 e. The third-order valence-electron chi connectivity index (χ3n) is 2.34. The normalized spacial score (nSPS) is 10.9. The van der Waals surface area contributed by atoms with E-state index in [4.69, 9.17) is 17.3 Å². The zero-order valence-corrected chi connectivity index (χ0v) is 10.2. The molecule has 0 spiro atoms. The van der Waals surface area contributed by atoms with Crippen LogP contribution in [0.15, 0.2) is 30.6 Å². The molecule has 0 aliphatic rings. The Balaban J connectivity index is 2.27. The fourth-order valence-electron chi connectivity index (χ4n) is 1.55. The van der Waals surface area contributed by atoms with Gasteiger partial charge in [-0.25, -0.2) is 15.0 Å². The van der Waals surface area contributed by atoms with Crippen LogP contribution in [0, 0.1) is 0 Å². The van der Waals surface area contributed by atoms with Crippen molar-refractivity contribution < 1.29 is 0 Å². The van der Waals surface area contributed by atoms with Crippen molar-refractivity contribution in [1.29, 1.82) is 0 Å². The molecule has 0 amide bonds. The van der Waals surface area contributed by atoms with Gasteiger partial charge < -0.3 is 5.73 Å². The lowest BCUT2D eigenvalue weighted by Gasteiger charge is -2.01. The Hall–Kier alpha value is -1.72. The van der Waals surface area contributed by atoms with E-state index in [0.717, 1.165) is 15.2 Å². The van der Waals surface area contributed by atoms with Gasteiger partial charge in [0, 0.05) is 0 Å². The summed E-state index contributed by atoms with van der Waals surface area (Å²) in [6, 6.07) is 7.86. The first-order chi connectivity index (χ1) is 8.25. The van der Waals surface area contributed by atoms with Crippen molar-refractivity contribution in [2.24, 2.45) is 0 Å². The zero-order chi connectivity index (χ0) is 11.8. The Morgan fingerprint density at radius 2 is 2.00 bits per heavy atom. The van der Waals surface area contributed by atoms with Crippen LogP contribution in [0.25, 0.3) is 20.8 Å². The fourth-order valence-corrected chi connectivity index (χ4v) is 2.86. The van der Waals surface area contributed by atoms with Crippen LogP contribution in [0.3, 0.4) is 0 Å². The van der Waals surface area contributed by atoms with Crippen molar-refractivity contribution in [3.05, 3.63) is 35.7 Å². The summed E-state index contributed by atoms with van der Waals surface area (Å²) in [6.07, 6.45) is 1.34. The molecule has 0 saturated carbocycles. The number of rotatable bonds is 1. The number of nitrogens with zero attached hydrogens (tertiary/aromatic N) is 3. The topological polar surface area (TPSA) is 64.7 Å². The Labute approximate surface area is 106 Å². The van der Waals surface area contributed by atoms with E-state index < -0.39 is 0 Å². The molecular formula is C11H7ClN4S. The van der Waals surface area contributed by atoms with Crippen LogP contribution in [0.5, 0.6) is 0 Å². The molecule has 2 aromatic heterocycles. The second-order valence-electron chi connectivity index (χ2n) is 3.41. The first-order valence-corrected chi connectivity index (χ1v) is 6.07. The van der Waals surface area contributed by atoms with E-state index in [2.05, 4.69) is 15.0 Å². The molecule has 84 valence electrons. The minimum atomic E-state index is 0.330. The van der Waals surface area contributed by atoms with Gasteiger partial charge in [-0.15, -0.1) is 11.3 Å². The van der Waals surface area contributed by atoms with Gasteiger partial charge >= 0.3 is 0 Å². The van der Waals surface area contributed by atoms with E-state index in [1.165, 1.54) is 17.7 Å². The number of thiazole rings is 1. The van der Waals surface area contributed by atoms with Gasteiger partial charge in [-0.3, -0.25) is 0 Å². The average Bonchev–Trinajstić information content (AvgIpc) is 2.71. The van der Waals surface area contributed by atoms with E-state index in [9.17, 15) is 0 Å². The van der Waals surface area contributed by atoms with Gasteiger partial charge in [-0.05, 0) is 12.1 Å². The Kier molecular flexibility index (Phi) is 2.42. The lowest BCUT2D eigenvalue weighted by atomic mass is 10.3. The molecule has 17 heavy (non-hydrogen) atoms. The molecule has 0 aliphatic heterocycles. The van der Waals surface area contributed by atoms with Crippen LogP contribution in [-0.4, -0.2) is 15.0 Å². The van der Waals surface area contributed by atoms with Crippen LogP contribution in [0.2, 0.25) is 5.15 Å². The lowest BCUT2D eigenvalue weighted by molar-refractivity contribution is 1.18. The monoisotopic (exact) mass is 262 g/mol. The molecule has 6 heteroatoms. The maximum absolute atomic E-state index is 6.03. The molecule has 2 heterocycles. The molecule has 3 rings (SSSR count). The van der Waals surface area contributed by atoms with Crippen molar-refractivity contribution in [3.8, 4) is 10.6 Å². The molecule has 0 unspecified atom stereocenters. The summed E-state index contributed by atoms with van der Waals surface area (Å²) in [6.45, 7) is 0. The van der Waals surface area contributed by atoms with Crippen molar-refractivity contribution >= 4 is 39.0 Å². The second-order valence-corrected chi connectivity index (χ2v) is 4.80. The number of benzene rings is 1. The highest BCUT2D eigenvalue weighted by atomic mass is 35.5. The summed E-state index contributed by atoms with van der Waals surface area (Å²) in [5.41, 5.74) is 7.34. The van der Waals surface area contributed by atoms with Crippen molar-refractivity contribution in [2.75, 3.05) is 5.73 Å². The minimum absolute atomic E-state index is 0.330. The maximum atomic E-state index is 6.03. The summed E-state index contributed by atoms with van der Waals surface area (Å²) < 4.78 is 1.09. The molecular weight excluding hydrogens is 256 g/mol. The number of nitrogen functional groups attached to an aromatic ring is 1. The standard InChI is InChI=1S/C11H7ClN4S/c12-9-8(10(13)15-5-14-9)11-16-6-3-1-2-4-7(6)17-11/h1-5H,(H2,13,14,15). The molecule has 0 aliphatic carbocycles. The predicted octanol–water partition coefficient (Wildman–Crippen LogP) is 2.99. The van der Waals surface area contributed by atoms with Crippen molar-refractivity contribution in [3.63, 3.8) is 0 Å². The van der Waals surface area contributed by atoms with Crippen LogP contribution < -0.4 is 5.73 Å². The van der Waals surface area contributed by atoms with Gasteiger partial charge in [0.05, 0.1) is 15.8 Å². The van der Waals surface area contributed by atoms with Gasteiger partial charge in [0.1, 0.15) is 22.3 Å². The lowest BCUT2D eigenvalue weighted by Crippen LogP contribution is -1.95. The molecule has 0 atom stereocenters. The molecule has 0 saturated heterocycles. The summed E-state index contributed by atoms with van der Waals surface area (Å²) in [5, 5.41) is 1.07. The highest BCUT2D eigenvalue weighted by Gasteiger charge is 2.14. The number of nitrogens with two attached hydrogens (primary N) is 1. The van der Waals surface area contributed by atoms with Crippen LogP contribution >= 0.6 is 22.9 Å². The van der Waals surface area contributed by atoms with E-state index in [0.29, 0.717) is 16.5 Å². The number of aromatic nitrogens is 3. The predicted molar refractivity (Wildman–Crippen MR) is 70.1 cm³/mol. The number of hydrogen-bond acceptors (Lipinski definition) is 5. The van der Waals surface area contributed by atoms with Crippen molar-refractivity contribution in [1.82, 2.24) is 15.0 Å². The van der Waals surface area contributed by atoms with Gasteiger partial charge in [-0.1, -0.05) is 23.7 Å². The molecule has 2 N–H and O–H groups in total. The van der Waals surface area contributed by atoms with Crippen LogP contribution in [-0.2, 0) is 0 Å². The summed E-state index contributed by atoms with van der Waals surface area (Å²) >= 11 is 7.55. The summed E-state index contributed by atoms with van der Waals surface area (Å²) in [4.78, 5) is 12.3. The van der Waals surface area contributed by atoms with E-state index in [-0.39, 0.29) is 0 Å². The minimum Gasteiger partial charge on any atom is -0.383 e. The molecule has 1 aromatic carbocycles. The molecule has 3 aromatic rings. The highest BCUT2D eigenvalue weighted by Crippen LogP contribution is 2.35. The summed E-state index contributed by atoms with van der Waals surface area (Å²) in [5.74, 6) is 0.351. The van der Waals surface area contributed by atoms with Gasteiger partial charge in [0.25, 0.3) is 0 Å². The molecule has 0 radical (unpaired) electrons. The molecule has 0 bridgehead atoms. The van der Waals surface area contributed by atoms with Gasteiger partial charge in [-0.2, -0.15) is 0 Å². The van der Waals surface area contributed by atoms with Crippen LogP contribution in [0.1, 0.15) is 0 Å². The third kappa shape index (κ3) is 1.73. The van der Waals surface area contributed by atoms with E-state index in [1.54, 1.807) is 0 Å². The summed E-state index contributed by atoms with van der Waals surface area (Å²) in [7, 11) is 0. The van der Waals surface area contributed by atoms with Crippen LogP contribution in [0.4, 0.5) is 5.82 Å². The smallest absolute Gasteiger partial charge is 0.144 e. The molecule has 4 nitrogen and oxygen atoms in total. The zero-order valence-electron chi connectivity index (χ0n) is 8.59. The third-order valence-corrected chi connectivity index (χ3v) is 3.68. The Morgan fingerprint density at radius 1 is 1.18 bits per heavy atom. The number of hydrogen-bond donors (Lipinski definition) is 1. The van der Waals surface area contributed by atoms with Gasteiger partial charge in [0.15, 0.2) is 0 Å². The largest absolute Gasteiger partial charge is 0.383 e. The first-order valence-electron chi connectivity index (χ1n) is 4.87. The number of fused-ring (bicyclic) bond motifs is 1. The fraction of sp³-hybridized carbons (Fsp3) is 0. The number of anilines is 1. The molecule has 0 fully saturated rings. The number of para-hydroxylation sites is 1. The Bertz CT molecular complexity index is 642. The van der Waals surface area contributed by atoms with Gasteiger partial charge in [0.2, 0.25) is 0 Å². The van der Waals surface area contributed by atoms with Crippen molar-refractivity contribution in [2.45, 2.75) is 0 Å². The first kappa shape index (κ1) is 10.4. The number of halogens is 1. The second kappa shape index (κ2) is 3.94. The van der Waals surface area contributed by atoms with E-state index >= 15 is 0 Å². The quantitative estimate of drug-likeness (QED) is 0.685. The SMILES string of the molecule is Nc1ncnc(Cl)c1-c1nc2ccccc2s1. The average molecular weight is 263 g/mol.